The maximum Gasteiger partial charge on any atom is 0.0445 e. The van der Waals surface area contributed by atoms with Crippen molar-refractivity contribution in [3.8, 4) is 0 Å². The first kappa shape index (κ1) is 10.2. The van der Waals surface area contributed by atoms with Crippen LogP contribution < -0.4 is 5.73 Å². The SMILES string of the molecule is C/C(=C\CN=[N+]=[N-])c1ccccc1N. The highest BCUT2D eigenvalue weighted by Crippen LogP contribution is 2.19. The van der Waals surface area contributed by atoms with E-state index in [1.807, 2.05) is 37.3 Å². The Bertz CT molecular complexity index is 389. The third kappa shape index (κ3) is 2.54. The molecule has 4 nitrogen and oxygen atoms in total. The Morgan fingerprint density at radius 2 is 2.29 bits per heavy atom. The molecule has 0 amide bonds. The zero-order valence-electron chi connectivity index (χ0n) is 8.01. The average molecular weight is 188 g/mol. The van der Waals surface area contributed by atoms with Crippen molar-refractivity contribution >= 4 is 11.3 Å². The van der Waals surface area contributed by atoms with Gasteiger partial charge in [-0.1, -0.05) is 29.4 Å². The van der Waals surface area contributed by atoms with Crippen LogP contribution in [0.4, 0.5) is 5.69 Å². The number of hydrogen-bond acceptors (Lipinski definition) is 2. The van der Waals surface area contributed by atoms with E-state index in [0.717, 1.165) is 16.8 Å². The molecule has 72 valence electrons. The van der Waals surface area contributed by atoms with Crippen molar-refractivity contribution in [3.05, 3.63) is 46.3 Å². The summed E-state index contributed by atoms with van der Waals surface area (Å²) in [5.41, 5.74) is 16.6. The molecule has 0 bridgehead atoms. The first-order chi connectivity index (χ1) is 6.75. The molecule has 0 aliphatic heterocycles. The van der Waals surface area contributed by atoms with E-state index in [2.05, 4.69) is 10.0 Å². The fourth-order valence-electron chi connectivity index (χ4n) is 1.18. The van der Waals surface area contributed by atoms with Gasteiger partial charge in [-0.25, -0.2) is 0 Å². The van der Waals surface area contributed by atoms with Gasteiger partial charge in [0, 0.05) is 17.1 Å². The molecule has 4 heteroatoms. The summed E-state index contributed by atoms with van der Waals surface area (Å²) < 4.78 is 0. The number of anilines is 1. The minimum Gasteiger partial charge on any atom is -0.398 e. The van der Waals surface area contributed by atoms with Crippen LogP contribution in [0.15, 0.2) is 35.5 Å². The van der Waals surface area contributed by atoms with Crippen LogP contribution in [0.25, 0.3) is 16.0 Å². The quantitative estimate of drug-likeness (QED) is 0.336. The van der Waals surface area contributed by atoms with E-state index >= 15 is 0 Å². The predicted octanol–water partition coefficient (Wildman–Crippen LogP) is 2.98. The van der Waals surface area contributed by atoms with Gasteiger partial charge in [0.05, 0.1) is 0 Å². The summed E-state index contributed by atoms with van der Waals surface area (Å²) >= 11 is 0. The summed E-state index contributed by atoms with van der Waals surface area (Å²) in [5.74, 6) is 0. The van der Waals surface area contributed by atoms with Gasteiger partial charge in [0.15, 0.2) is 0 Å². The molecule has 0 aromatic heterocycles. The molecule has 0 radical (unpaired) electrons. The van der Waals surface area contributed by atoms with Gasteiger partial charge in [-0.05, 0) is 29.7 Å². The topological polar surface area (TPSA) is 74.8 Å². The Morgan fingerprint density at radius 3 is 2.93 bits per heavy atom. The lowest BCUT2D eigenvalue weighted by atomic mass is 10.1. The third-order valence-corrected chi connectivity index (χ3v) is 1.93. The van der Waals surface area contributed by atoms with Gasteiger partial charge in [0.25, 0.3) is 0 Å². The van der Waals surface area contributed by atoms with E-state index in [1.54, 1.807) is 0 Å². The van der Waals surface area contributed by atoms with Crippen LogP contribution in [0, 0.1) is 0 Å². The summed E-state index contributed by atoms with van der Waals surface area (Å²) in [4.78, 5) is 2.67. The van der Waals surface area contributed by atoms with Gasteiger partial charge in [0.2, 0.25) is 0 Å². The molecule has 0 spiro atoms. The van der Waals surface area contributed by atoms with Crippen molar-refractivity contribution in [2.45, 2.75) is 6.92 Å². The minimum absolute atomic E-state index is 0.358. The molecule has 0 heterocycles. The van der Waals surface area contributed by atoms with E-state index in [0.29, 0.717) is 6.54 Å². The molecule has 1 aromatic carbocycles. The molecule has 2 N–H and O–H groups in total. The van der Waals surface area contributed by atoms with Crippen molar-refractivity contribution < 1.29 is 0 Å². The number of nitrogens with two attached hydrogens (primary N) is 1. The molecule has 0 saturated carbocycles. The lowest BCUT2D eigenvalue weighted by Gasteiger charge is -2.04. The standard InChI is InChI=1S/C10H12N4/c1-8(6-7-13-14-12)9-4-2-3-5-10(9)11/h2-6H,7,11H2,1H3/b8-6+. The average Bonchev–Trinajstić information content (AvgIpc) is 2.18. The first-order valence-electron chi connectivity index (χ1n) is 4.28. The fraction of sp³-hybridized carbons (Fsp3) is 0.200. The molecule has 1 rings (SSSR count). The number of benzene rings is 1. The zero-order chi connectivity index (χ0) is 10.4. The smallest absolute Gasteiger partial charge is 0.0445 e. The molecule has 1 aromatic rings. The van der Waals surface area contributed by atoms with Crippen LogP contribution in [0.3, 0.4) is 0 Å². The lowest BCUT2D eigenvalue weighted by Crippen LogP contribution is -1.91. The van der Waals surface area contributed by atoms with Gasteiger partial charge >= 0.3 is 0 Å². The summed E-state index contributed by atoms with van der Waals surface area (Å²) in [5, 5.41) is 3.43. The number of nitrogen functional groups attached to an aromatic ring is 1. The molecule has 0 aliphatic rings. The minimum atomic E-state index is 0.358. The maximum absolute atomic E-state index is 8.11. The second-order valence-corrected chi connectivity index (χ2v) is 2.89. The van der Waals surface area contributed by atoms with E-state index < -0.39 is 0 Å². The van der Waals surface area contributed by atoms with Crippen molar-refractivity contribution in [1.82, 2.24) is 0 Å². The number of rotatable bonds is 3. The second-order valence-electron chi connectivity index (χ2n) is 2.89. The monoisotopic (exact) mass is 188 g/mol. The Kier molecular flexibility index (Phi) is 3.58. The predicted molar refractivity (Wildman–Crippen MR) is 58.5 cm³/mol. The van der Waals surface area contributed by atoms with Crippen molar-refractivity contribution in [3.63, 3.8) is 0 Å². The van der Waals surface area contributed by atoms with Crippen LogP contribution >= 0.6 is 0 Å². The highest BCUT2D eigenvalue weighted by molar-refractivity contribution is 5.73. The maximum atomic E-state index is 8.11. The Hall–Kier alpha value is -1.93. The Labute approximate surface area is 82.7 Å². The van der Waals surface area contributed by atoms with Crippen LogP contribution in [-0.2, 0) is 0 Å². The third-order valence-electron chi connectivity index (χ3n) is 1.93. The molecule has 0 fully saturated rings. The Balaban J connectivity index is 2.88. The van der Waals surface area contributed by atoms with Crippen molar-refractivity contribution in [2.75, 3.05) is 12.3 Å². The van der Waals surface area contributed by atoms with Gasteiger partial charge in [-0.2, -0.15) is 0 Å². The second kappa shape index (κ2) is 4.94. The highest BCUT2D eigenvalue weighted by atomic mass is 15.1. The summed E-state index contributed by atoms with van der Waals surface area (Å²) in [6.45, 7) is 2.30. The van der Waals surface area contributed by atoms with E-state index in [-0.39, 0.29) is 0 Å². The highest BCUT2D eigenvalue weighted by Gasteiger charge is 1.98. The number of para-hydroxylation sites is 1. The number of allylic oxidation sites excluding steroid dienone is 1. The summed E-state index contributed by atoms with van der Waals surface area (Å²) in [6, 6.07) is 7.60. The lowest BCUT2D eigenvalue weighted by molar-refractivity contribution is 1.21. The van der Waals surface area contributed by atoms with E-state index in [9.17, 15) is 0 Å². The van der Waals surface area contributed by atoms with Crippen molar-refractivity contribution in [2.24, 2.45) is 5.11 Å². The van der Waals surface area contributed by atoms with Gasteiger partial charge < -0.3 is 5.73 Å². The van der Waals surface area contributed by atoms with Gasteiger partial charge in [-0.3, -0.25) is 0 Å². The molecule has 0 unspecified atom stereocenters. The summed E-state index contributed by atoms with van der Waals surface area (Å²) in [7, 11) is 0. The fourth-order valence-corrected chi connectivity index (χ4v) is 1.18. The summed E-state index contributed by atoms with van der Waals surface area (Å²) in [6.07, 6.45) is 1.85. The molecule has 0 atom stereocenters. The molecular weight excluding hydrogens is 176 g/mol. The van der Waals surface area contributed by atoms with E-state index in [4.69, 9.17) is 11.3 Å². The Morgan fingerprint density at radius 1 is 1.57 bits per heavy atom. The normalized spacial score (nSPS) is 10.8. The first-order valence-corrected chi connectivity index (χ1v) is 4.28. The van der Waals surface area contributed by atoms with Crippen LogP contribution in [0.1, 0.15) is 12.5 Å². The van der Waals surface area contributed by atoms with E-state index in [1.165, 1.54) is 0 Å². The number of nitrogens with zero attached hydrogens (tertiary/aromatic N) is 3. The molecule has 0 saturated heterocycles. The molecule has 0 aliphatic carbocycles. The van der Waals surface area contributed by atoms with Crippen LogP contribution in [0.2, 0.25) is 0 Å². The number of hydrogen-bond donors (Lipinski definition) is 1. The largest absolute Gasteiger partial charge is 0.398 e. The van der Waals surface area contributed by atoms with Crippen LogP contribution in [0.5, 0.6) is 0 Å². The molecule has 14 heavy (non-hydrogen) atoms. The molecular formula is C10H12N4. The van der Waals surface area contributed by atoms with Gasteiger partial charge in [-0.15, -0.1) is 0 Å². The van der Waals surface area contributed by atoms with Gasteiger partial charge in [0.1, 0.15) is 0 Å². The number of azide groups is 1. The van der Waals surface area contributed by atoms with Crippen LogP contribution in [-0.4, -0.2) is 6.54 Å². The van der Waals surface area contributed by atoms with Crippen molar-refractivity contribution in [1.29, 1.82) is 0 Å². The zero-order valence-corrected chi connectivity index (χ0v) is 8.01.